The minimum Gasteiger partial charge on any atom is -0.327 e. The van der Waals surface area contributed by atoms with E-state index in [0.717, 1.165) is 0 Å². The van der Waals surface area contributed by atoms with Gasteiger partial charge in [0, 0.05) is 23.6 Å². The summed E-state index contributed by atoms with van der Waals surface area (Å²) in [7, 11) is 0. The Morgan fingerprint density at radius 2 is 2.00 bits per heavy atom. The van der Waals surface area contributed by atoms with Gasteiger partial charge in [-0.1, -0.05) is 13.8 Å². The largest absolute Gasteiger partial charge is 0.327 e. The third kappa shape index (κ3) is 2.78. The Kier molecular flexibility index (Phi) is 4.04. The van der Waals surface area contributed by atoms with E-state index < -0.39 is 10.5 Å². The van der Waals surface area contributed by atoms with Crippen LogP contribution < -0.4 is 11.3 Å². The zero-order valence-corrected chi connectivity index (χ0v) is 12.2. The highest BCUT2D eigenvalue weighted by molar-refractivity contribution is 5.81. The van der Waals surface area contributed by atoms with Gasteiger partial charge >= 0.3 is 0 Å². The van der Waals surface area contributed by atoms with Gasteiger partial charge in [0.1, 0.15) is 0 Å². The fraction of sp³-hybridized carbons (Fsp3) is 0.429. The average molecular weight is 290 g/mol. The molecule has 2 rings (SSSR count). The number of rotatable bonds is 4. The summed E-state index contributed by atoms with van der Waals surface area (Å²) in [5, 5.41) is 11.6. The number of benzene rings is 1. The van der Waals surface area contributed by atoms with E-state index in [9.17, 15) is 14.9 Å². The molecule has 21 heavy (non-hydrogen) atoms. The van der Waals surface area contributed by atoms with Crippen LogP contribution in [0.2, 0.25) is 0 Å². The Balaban J connectivity index is 2.80. The molecule has 112 valence electrons. The number of nitrogens with one attached hydrogen (secondary N) is 1. The Bertz CT molecular complexity index is 729. The SMILES string of the molecule is CC(C)C(c1cc2nc[nH]c(=O)c2cc1[N+](=O)[O-])C(C)N. The topological polar surface area (TPSA) is 115 Å². The van der Waals surface area contributed by atoms with Crippen molar-refractivity contribution in [3.05, 3.63) is 44.5 Å². The lowest BCUT2D eigenvalue weighted by Gasteiger charge is -2.25. The van der Waals surface area contributed by atoms with Gasteiger partial charge in [-0.3, -0.25) is 14.9 Å². The van der Waals surface area contributed by atoms with E-state index in [1.807, 2.05) is 20.8 Å². The van der Waals surface area contributed by atoms with Crippen LogP contribution in [0.1, 0.15) is 32.3 Å². The number of hydrogen-bond donors (Lipinski definition) is 2. The van der Waals surface area contributed by atoms with Crippen LogP contribution in [0.3, 0.4) is 0 Å². The molecule has 0 aliphatic carbocycles. The normalized spacial score (nSPS) is 14.3. The first-order chi connectivity index (χ1) is 9.82. The second kappa shape index (κ2) is 5.61. The monoisotopic (exact) mass is 290 g/mol. The van der Waals surface area contributed by atoms with E-state index >= 15 is 0 Å². The lowest BCUT2D eigenvalue weighted by atomic mass is 9.82. The smallest absolute Gasteiger partial charge is 0.273 e. The minimum absolute atomic E-state index is 0.0861. The molecule has 0 saturated heterocycles. The highest BCUT2D eigenvalue weighted by Gasteiger charge is 2.28. The molecule has 2 atom stereocenters. The molecular formula is C14H18N4O3. The number of nitro groups is 1. The van der Waals surface area contributed by atoms with Crippen LogP contribution in [0, 0.1) is 16.0 Å². The molecule has 2 aromatic rings. The second-order valence-corrected chi connectivity index (χ2v) is 5.55. The molecule has 1 aromatic carbocycles. The van der Waals surface area contributed by atoms with Crippen molar-refractivity contribution in [1.29, 1.82) is 0 Å². The van der Waals surface area contributed by atoms with Crippen molar-refractivity contribution in [3.8, 4) is 0 Å². The van der Waals surface area contributed by atoms with Crippen LogP contribution in [0.15, 0.2) is 23.3 Å². The molecular weight excluding hydrogens is 272 g/mol. The van der Waals surface area contributed by atoms with Gasteiger partial charge in [0.25, 0.3) is 11.2 Å². The lowest BCUT2D eigenvalue weighted by Crippen LogP contribution is -2.29. The van der Waals surface area contributed by atoms with Gasteiger partial charge < -0.3 is 10.7 Å². The molecule has 0 bridgehead atoms. The molecule has 3 N–H and O–H groups in total. The molecule has 0 fully saturated rings. The van der Waals surface area contributed by atoms with Crippen molar-refractivity contribution in [1.82, 2.24) is 9.97 Å². The summed E-state index contributed by atoms with van der Waals surface area (Å²) in [5.74, 6) is -0.0564. The standard InChI is InChI=1S/C14H18N4O3/c1-7(2)13(8(3)15)10-4-11-9(5-12(10)18(20)21)14(19)17-6-16-11/h4-8,13H,15H2,1-3H3,(H,16,17,19). The molecule has 1 aromatic heterocycles. The van der Waals surface area contributed by atoms with E-state index in [-0.39, 0.29) is 29.0 Å². The van der Waals surface area contributed by atoms with Crippen LogP contribution in [0.4, 0.5) is 5.69 Å². The first kappa shape index (κ1) is 15.1. The molecule has 7 heteroatoms. The van der Waals surface area contributed by atoms with Crippen LogP contribution in [0.5, 0.6) is 0 Å². The van der Waals surface area contributed by atoms with Gasteiger partial charge in [0.2, 0.25) is 0 Å². The third-order valence-electron chi connectivity index (χ3n) is 3.63. The number of aromatic amines is 1. The van der Waals surface area contributed by atoms with Crippen molar-refractivity contribution in [2.24, 2.45) is 11.7 Å². The number of nitro benzene ring substituents is 1. The molecule has 0 saturated carbocycles. The predicted molar refractivity (Wildman–Crippen MR) is 80.2 cm³/mol. The Labute approximate surface area is 121 Å². The van der Waals surface area contributed by atoms with Crippen molar-refractivity contribution in [3.63, 3.8) is 0 Å². The van der Waals surface area contributed by atoms with Gasteiger partial charge in [0.05, 0.1) is 22.2 Å². The van der Waals surface area contributed by atoms with Crippen LogP contribution >= 0.6 is 0 Å². The third-order valence-corrected chi connectivity index (χ3v) is 3.63. The van der Waals surface area contributed by atoms with E-state index in [1.54, 1.807) is 6.07 Å². The fourth-order valence-corrected chi connectivity index (χ4v) is 2.79. The van der Waals surface area contributed by atoms with Crippen LogP contribution in [-0.2, 0) is 0 Å². The Hall–Kier alpha value is -2.28. The molecule has 1 heterocycles. The Morgan fingerprint density at radius 3 is 2.52 bits per heavy atom. The summed E-state index contributed by atoms with van der Waals surface area (Å²) in [5.41, 5.74) is 6.48. The summed E-state index contributed by atoms with van der Waals surface area (Å²) in [6, 6.07) is 2.65. The van der Waals surface area contributed by atoms with Crippen LogP contribution in [-0.4, -0.2) is 20.9 Å². The van der Waals surface area contributed by atoms with E-state index in [0.29, 0.717) is 11.1 Å². The molecule has 0 aliphatic rings. The zero-order valence-electron chi connectivity index (χ0n) is 12.2. The Morgan fingerprint density at radius 1 is 1.33 bits per heavy atom. The zero-order chi connectivity index (χ0) is 15.7. The molecule has 2 unspecified atom stereocenters. The first-order valence-corrected chi connectivity index (χ1v) is 6.74. The molecule has 0 radical (unpaired) electrons. The number of nitrogens with two attached hydrogens (primary N) is 1. The predicted octanol–water partition coefficient (Wildman–Crippen LogP) is 1.92. The molecule has 0 aliphatic heterocycles. The van der Waals surface area contributed by atoms with Gasteiger partial charge in [-0.05, 0) is 18.9 Å². The molecule has 7 nitrogen and oxygen atoms in total. The lowest BCUT2D eigenvalue weighted by molar-refractivity contribution is -0.385. The van der Waals surface area contributed by atoms with E-state index in [4.69, 9.17) is 5.73 Å². The van der Waals surface area contributed by atoms with E-state index in [2.05, 4.69) is 9.97 Å². The number of H-pyrrole nitrogens is 1. The maximum absolute atomic E-state index is 11.8. The highest BCUT2D eigenvalue weighted by Crippen LogP contribution is 2.35. The fourth-order valence-electron chi connectivity index (χ4n) is 2.79. The summed E-state index contributed by atoms with van der Waals surface area (Å²) in [6.45, 7) is 5.75. The highest BCUT2D eigenvalue weighted by atomic mass is 16.6. The summed E-state index contributed by atoms with van der Waals surface area (Å²) in [4.78, 5) is 29.2. The average Bonchev–Trinajstić information content (AvgIpc) is 2.37. The number of aromatic nitrogens is 2. The van der Waals surface area contributed by atoms with Crippen molar-refractivity contribution in [2.45, 2.75) is 32.7 Å². The van der Waals surface area contributed by atoms with Gasteiger partial charge in [-0.2, -0.15) is 0 Å². The van der Waals surface area contributed by atoms with Gasteiger partial charge in [-0.25, -0.2) is 4.98 Å². The van der Waals surface area contributed by atoms with Crippen molar-refractivity contribution in [2.75, 3.05) is 0 Å². The summed E-state index contributed by atoms with van der Waals surface area (Å²) in [6.07, 6.45) is 1.29. The number of hydrogen-bond acceptors (Lipinski definition) is 5. The molecule has 0 spiro atoms. The maximum atomic E-state index is 11.8. The van der Waals surface area contributed by atoms with Crippen molar-refractivity contribution < 1.29 is 4.92 Å². The second-order valence-electron chi connectivity index (χ2n) is 5.55. The number of nitrogens with zero attached hydrogens (tertiary/aromatic N) is 2. The number of fused-ring (bicyclic) bond motifs is 1. The van der Waals surface area contributed by atoms with Crippen molar-refractivity contribution >= 4 is 16.6 Å². The maximum Gasteiger partial charge on any atom is 0.273 e. The minimum atomic E-state index is -0.473. The van der Waals surface area contributed by atoms with Gasteiger partial charge in [0.15, 0.2) is 0 Å². The van der Waals surface area contributed by atoms with E-state index in [1.165, 1.54) is 12.4 Å². The van der Waals surface area contributed by atoms with Gasteiger partial charge in [-0.15, -0.1) is 0 Å². The summed E-state index contributed by atoms with van der Waals surface area (Å²) < 4.78 is 0. The van der Waals surface area contributed by atoms with Crippen LogP contribution in [0.25, 0.3) is 10.9 Å². The first-order valence-electron chi connectivity index (χ1n) is 6.74. The quantitative estimate of drug-likeness (QED) is 0.659. The molecule has 0 amide bonds. The summed E-state index contributed by atoms with van der Waals surface area (Å²) >= 11 is 0.